The van der Waals surface area contributed by atoms with Crippen molar-refractivity contribution >= 4 is 11.9 Å². The van der Waals surface area contributed by atoms with Crippen LogP contribution in [0.25, 0.3) is 0 Å². The molecule has 1 amide bonds. The third kappa shape index (κ3) is 5.27. The minimum absolute atomic E-state index is 0.170. The second-order valence-electron chi connectivity index (χ2n) is 6.90. The number of aromatic nitrogens is 5. The summed E-state index contributed by atoms with van der Waals surface area (Å²) in [5.41, 5.74) is 2.53. The summed E-state index contributed by atoms with van der Waals surface area (Å²) in [6.45, 7) is 2.78. The maximum atomic E-state index is 12.5. The number of methoxy groups -OCH3 is 1. The number of anilines is 1. The van der Waals surface area contributed by atoms with Crippen molar-refractivity contribution < 1.29 is 14.3 Å². The quantitative estimate of drug-likeness (QED) is 0.472. The van der Waals surface area contributed by atoms with Crippen molar-refractivity contribution in [1.29, 1.82) is 0 Å². The Morgan fingerprint density at radius 2 is 1.84 bits per heavy atom. The van der Waals surface area contributed by atoms with E-state index in [1.807, 2.05) is 37.3 Å². The molecule has 0 radical (unpaired) electrons. The summed E-state index contributed by atoms with van der Waals surface area (Å²) >= 11 is 0. The zero-order valence-corrected chi connectivity index (χ0v) is 17.2. The lowest BCUT2D eigenvalue weighted by atomic mass is 10.1. The van der Waals surface area contributed by atoms with Gasteiger partial charge in [-0.1, -0.05) is 29.8 Å². The lowest BCUT2D eigenvalue weighted by molar-refractivity contribution is 0.101. The molecule has 31 heavy (non-hydrogen) atoms. The lowest BCUT2D eigenvalue weighted by Crippen LogP contribution is -2.15. The number of amides is 1. The molecule has 158 valence electrons. The summed E-state index contributed by atoms with van der Waals surface area (Å²) < 4.78 is 14.0. The summed E-state index contributed by atoms with van der Waals surface area (Å²) in [6.07, 6.45) is 3.25. The van der Waals surface area contributed by atoms with Crippen LogP contribution < -0.4 is 14.8 Å². The molecule has 0 saturated carbocycles. The molecule has 2 aromatic carbocycles. The number of aryl methyl sites for hydroxylation is 1. The van der Waals surface area contributed by atoms with Crippen LogP contribution in [0, 0.1) is 6.92 Å². The highest BCUT2D eigenvalue weighted by Gasteiger charge is 2.13. The van der Waals surface area contributed by atoms with Crippen molar-refractivity contribution in [1.82, 2.24) is 24.5 Å². The largest absolute Gasteiger partial charge is 0.497 e. The Hall–Kier alpha value is -4.14. The summed E-state index contributed by atoms with van der Waals surface area (Å²) in [6, 6.07) is 17.0. The van der Waals surface area contributed by atoms with Crippen LogP contribution in [0.5, 0.6) is 11.5 Å². The molecule has 9 heteroatoms. The molecule has 0 atom stereocenters. The standard InChI is InChI=1S/C22H22N6O3/c1-16-4-3-5-17(12-16)13-28-14-23-22(26-28)24-21(29)20-10-11-27(25-20)15-31-19-8-6-18(30-2)7-9-19/h3-12,14H,13,15H2,1-2H3,(H,24,26,29). The van der Waals surface area contributed by atoms with Crippen LogP contribution in [0.3, 0.4) is 0 Å². The van der Waals surface area contributed by atoms with Gasteiger partial charge < -0.3 is 9.47 Å². The molecule has 0 fully saturated rings. The van der Waals surface area contributed by atoms with Crippen LogP contribution in [0.1, 0.15) is 21.6 Å². The van der Waals surface area contributed by atoms with Crippen LogP contribution >= 0.6 is 0 Å². The van der Waals surface area contributed by atoms with E-state index >= 15 is 0 Å². The molecule has 1 N–H and O–H groups in total. The number of carbonyl (C=O) groups excluding carboxylic acids is 1. The zero-order chi connectivity index (χ0) is 21.6. The fraction of sp³-hybridized carbons (Fsp3) is 0.182. The van der Waals surface area contributed by atoms with Gasteiger partial charge in [0, 0.05) is 6.20 Å². The molecule has 0 bridgehead atoms. The predicted octanol–water partition coefficient (Wildman–Crippen LogP) is 3.13. The van der Waals surface area contributed by atoms with Crippen molar-refractivity contribution in [3.05, 3.63) is 83.9 Å². The van der Waals surface area contributed by atoms with Gasteiger partial charge in [-0.25, -0.2) is 14.3 Å². The van der Waals surface area contributed by atoms with Crippen molar-refractivity contribution in [2.24, 2.45) is 0 Å². The van der Waals surface area contributed by atoms with Gasteiger partial charge in [0.25, 0.3) is 5.91 Å². The molecule has 0 saturated heterocycles. The van der Waals surface area contributed by atoms with Gasteiger partial charge in [0.05, 0.1) is 13.7 Å². The minimum Gasteiger partial charge on any atom is -0.497 e. The molecular formula is C22H22N6O3. The van der Waals surface area contributed by atoms with E-state index in [1.165, 1.54) is 10.2 Å². The summed E-state index contributed by atoms with van der Waals surface area (Å²) in [4.78, 5) is 16.6. The zero-order valence-electron chi connectivity index (χ0n) is 17.2. The highest BCUT2D eigenvalue weighted by molar-refractivity contribution is 6.01. The smallest absolute Gasteiger partial charge is 0.278 e. The Morgan fingerprint density at radius 3 is 2.61 bits per heavy atom. The third-order valence-corrected chi connectivity index (χ3v) is 4.49. The molecule has 0 spiro atoms. The number of hydrogen-bond donors (Lipinski definition) is 1. The van der Waals surface area contributed by atoms with Gasteiger partial charge in [0.2, 0.25) is 5.95 Å². The monoisotopic (exact) mass is 418 g/mol. The summed E-state index contributed by atoms with van der Waals surface area (Å²) in [5.74, 6) is 1.25. The van der Waals surface area contributed by atoms with Gasteiger partial charge in [-0.05, 0) is 42.8 Å². The summed E-state index contributed by atoms with van der Waals surface area (Å²) in [7, 11) is 1.61. The van der Waals surface area contributed by atoms with Crippen molar-refractivity contribution in [3.63, 3.8) is 0 Å². The Balaban J connectivity index is 1.32. The third-order valence-electron chi connectivity index (χ3n) is 4.49. The molecular weight excluding hydrogens is 396 g/mol. The van der Waals surface area contributed by atoms with Crippen molar-refractivity contribution in [2.75, 3.05) is 12.4 Å². The maximum absolute atomic E-state index is 12.5. The van der Waals surface area contributed by atoms with E-state index in [2.05, 4.69) is 26.6 Å². The first-order valence-corrected chi connectivity index (χ1v) is 9.66. The Kier molecular flexibility index (Phi) is 5.93. The fourth-order valence-electron chi connectivity index (χ4n) is 2.96. The van der Waals surface area contributed by atoms with Crippen LogP contribution in [0.2, 0.25) is 0 Å². The number of benzene rings is 2. The second kappa shape index (κ2) is 9.12. The first-order valence-electron chi connectivity index (χ1n) is 9.66. The van der Waals surface area contributed by atoms with Gasteiger partial charge >= 0.3 is 0 Å². The van der Waals surface area contributed by atoms with E-state index in [0.717, 1.165) is 11.3 Å². The van der Waals surface area contributed by atoms with E-state index in [1.54, 1.807) is 42.5 Å². The molecule has 4 rings (SSSR count). The normalized spacial score (nSPS) is 10.6. The first kappa shape index (κ1) is 20.1. The van der Waals surface area contributed by atoms with Gasteiger partial charge in [0.15, 0.2) is 12.4 Å². The molecule has 0 aliphatic heterocycles. The predicted molar refractivity (Wildman–Crippen MR) is 114 cm³/mol. The van der Waals surface area contributed by atoms with Crippen LogP contribution in [0.15, 0.2) is 67.1 Å². The lowest BCUT2D eigenvalue weighted by Gasteiger charge is -2.07. The van der Waals surface area contributed by atoms with E-state index < -0.39 is 5.91 Å². The summed E-state index contributed by atoms with van der Waals surface area (Å²) in [5, 5.41) is 11.2. The fourth-order valence-corrected chi connectivity index (χ4v) is 2.96. The number of hydrogen-bond acceptors (Lipinski definition) is 6. The number of nitrogens with one attached hydrogen (secondary N) is 1. The molecule has 0 aliphatic rings. The Bertz CT molecular complexity index is 1170. The molecule has 9 nitrogen and oxygen atoms in total. The van der Waals surface area contributed by atoms with Crippen molar-refractivity contribution in [2.45, 2.75) is 20.2 Å². The van der Waals surface area contributed by atoms with E-state index in [4.69, 9.17) is 9.47 Å². The van der Waals surface area contributed by atoms with Crippen LogP contribution in [-0.4, -0.2) is 37.6 Å². The highest BCUT2D eigenvalue weighted by Crippen LogP contribution is 2.17. The van der Waals surface area contributed by atoms with Crippen LogP contribution in [-0.2, 0) is 13.3 Å². The molecule has 4 aromatic rings. The molecule has 0 unspecified atom stereocenters. The topological polar surface area (TPSA) is 96.1 Å². The maximum Gasteiger partial charge on any atom is 0.278 e. The van der Waals surface area contributed by atoms with Gasteiger partial charge in [-0.3, -0.25) is 10.1 Å². The molecule has 2 aromatic heterocycles. The highest BCUT2D eigenvalue weighted by atomic mass is 16.5. The number of rotatable bonds is 8. The van der Waals surface area contributed by atoms with Crippen LogP contribution in [0.4, 0.5) is 5.95 Å². The van der Waals surface area contributed by atoms with E-state index in [-0.39, 0.29) is 18.4 Å². The Morgan fingerprint density at radius 1 is 1.03 bits per heavy atom. The first-order chi connectivity index (χ1) is 15.1. The van der Waals surface area contributed by atoms with E-state index in [0.29, 0.717) is 12.3 Å². The number of carbonyl (C=O) groups is 1. The second-order valence-corrected chi connectivity index (χ2v) is 6.90. The van der Waals surface area contributed by atoms with E-state index in [9.17, 15) is 4.79 Å². The van der Waals surface area contributed by atoms with Gasteiger partial charge in [0.1, 0.15) is 17.8 Å². The van der Waals surface area contributed by atoms with Gasteiger partial charge in [-0.2, -0.15) is 5.10 Å². The number of nitrogens with zero attached hydrogens (tertiary/aromatic N) is 5. The minimum atomic E-state index is -0.392. The number of ether oxygens (including phenoxy) is 2. The molecule has 0 aliphatic carbocycles. The van der Waals surface area contributed by atoms with Gasteiger partial charge in [-0.15, -0.1) is 5.10 Å². The average molecular weight is 418 g/mol. The SMILES string of the molecule is COc1ccc(OCn2ccc(C(=O)Nc3ncn(Cc4cccc(C)c4)n3)n2)cc1. The Labute approximate surface area is 179 Å². The van der Waals surface area contributed by atoms with Crippen molar-refractivity contribution in [3.8, 4) is 11.5 Å². The molecule has 2 heterocycles. The average Bonchev–Trinajstić information content (AvgIpc) is 3.42.